The number of nitrogens with one attached hydrogen (secondary N) is 1. The second-order valence-corrected chi connectivity index (χ2v) is 7.94. The zero-order chi connectivity index (χ0) is 20.7. The highest BCUT2D eigenvalue weighted by atomic mass is 32.2. The molecular weight excluding hydrogens is 395 g/mol. The fourth-order valence-electron chi connectivity index (χ4n) is 3.79. The molecule has 2 heterocycles. The van der Waals surface area contributed by atoms with Gasteiger partial charge < -0.3 is 10.2 Å². The van der Waals surface area contributed by atoms with Gasteiger partial charge in [0.15, 0.2) is 0 Å². The van der Waals surface area contributed by atoms with Crippen molar-refractivity contribution < 1.29 is 7.86 Å². The fraction of sp³-hybridized carbons (Fsp3) is 0.0833. The molecule has 1 aromatic heterocycles. The number of aromatic nitrogens is 1. The quantitative estimate of drug-likeness (QED) is 0.431. The predicted molar refractivity (Wildman–Crippen MR) is 124 cm³/mol. The number of hydrogen-bond acceptors (Lipinski definition) is 3. The van der Waals surface area contributed by atoms with Crippen molar-refractivity contribution in [1.82, 2.24) is 0 Å². The maximum Gasteiger partial charge on any atom is 0.339 e. The van der Waals surface area contributed by atoms with Crippen molar-refractivity contribution in [2.24, 2.45) is 4.99 Å². The van der Waals surface area contributed by atoms with Crippen LogP contribution in [0.25, 0.3) is 21.9 Å². The monoisotopic (exact) mass is 415 g/mol. The lowest BCUT2D eigenvalue weighted by Crippen LogP contribution is -2.24. The summed E-state index contributed by atoms with van der Waals surface area (Å²) in [5.41, 5.74) is 5.23. The van der Waals surface area contributed by atoms with E-state index in [0.29, 0.717) is 5.82 Å². The van der Waals surface area contributed by atoms with Crippen LogP contribution in [0.4, 0.5) is 21.1 Å². The Balaban J connectivity index is 1.58. The van der Waals surface area contributed by atoms with Crippen LogP contribution < -0.4 is 14.2 Å². The zero-order valence-corrected chi connectivity index (χ0v) is 17.4. The molecule has 0 atom stereocenters. The van der Waals surface area contributed by atoms with Crippen LogP contribution in [0.2, 0.25) is 0 Å². The molecule has 0 radical (unpaired) electrons. The van der Waals surface area contributed by atoms with Gasteiger partial charge in [-0.25, -0.2) is 0 Å². The number of halogens is 1. The Kier molecular flexibility index (Phi) is 4.64. The van der Waals surface area contributed by atoms with E-state index in [2.05, 4.69) is 46.6 Å². The molecule has 1 aliphatic heterocycles. The summed E-state index contributed by atoms with van der Waals surface area (Å²) in [7, 11) is 4.03. The van der Waals surface area contributed by atoms with Crippen LogP contribution in [-0.4, -0.2) is 19.9 Å². The highest BCUT2D eigenvalue weighted by Gasteiger charge is 2.25. The SMILES string of the molecule is CN(C)c1ccc(-c2cc[n+](SF)c(N=C3Nc4cccc5cccc3c45)c2)cc1. The van der Waals surface area contributed by atoms with Crippen LogP contribution in [0.5, 0.6) is 0 Å². The smallest absolute Gasteiger partial charge is 0.339 e. The molecule has 4 aromatic rings. The van der Waals surface area contributed by atoms with Crippen molar-refractivity contribution in [3.05, 3.63) is 84.6 Å². The minimum Gasteiger partial charge on any atom is -0.378 e. The molecule has 0 fully saturated rings. The largest absolute Gasteiger partial charge is 0.378 e. The number of benzene rings is 3. The summed E-state index contributed by atoms with van der Waals surface area (Å²) < 4.78 is 15.0. The summed E-state index contributed by atoms with van der Waals surface area (Å²) in [5.74, 6) is 1.26. The van der Waals surface area contributed by atoms with Crippen molar-refractivity contribution in [3.63, 3.8) is 0 Å². The first kappa shape index (κ1) is 18.6. The van der Waals surface area contributed by atoms with Gasteiger partial charge in [0.05, 0.1) is 11.3 Å². The molecule has 4 nitrogen and oxygen atoms in total. The van der Waals surface area contributed by atoms with Gasteiger partial charge in [0.1, 0.15) is 6.20 Å². The third-order valence-electron chi connectivity index (χ3n) is 5.33. The van der Waals surface area contributed by atoms with Crippen molar-refractivity contribution >= 4 is 46.1 Å². The lowest BCUT2D eigenvalue weighted by molar-refractivity contribution is -0.483. The number of rotatable bonds is 4. The number of anilines is 2. The van der Waals surface area contributed by atoms with E-state index in [-0.39, 0.29) is 12.3 Å². The van der Waals surface area contributed by atoms with E-state index in [9.17, 15) is 3.89 Å². The molecule has 0 bridgehead atoms. The van der Waals surface area contributed by atoms with Crippen molar-refractivity contribution in [3.8, 4) is 11.1 Å². The van der Waals surface area contributed by atoms with E-state index in [1.54, 1.807) is 6.20 Å². The molecule has 0 spiro atoms. The summed E-state index contributed by atoms with van der Waals surface area (Å²) >= 11 is 0.141. The summed E-state index contributed by atoms with van der Waals surface area (Å²) in [5, 5.41) is 5.69. The van der Waals surface area contributed by atoms with Crippen LogP contribution >= 0.6 is 12.3 Å². The van der Waals surface area contributed by atoms with Crippen LogP contribution in [0.3, 0.4) is 0 Å². The van der Waals surface area contributed by atoms with Crippen LogP contribution in [0.15, 0.2) is 84.0 Å². The van der Waals surface area contributed by atoms with Crippen LogP contribution in [0.1, 0.15) is 5.56 Å². The topological polar surface area (TPSA) is 31.5 Å². The van der Waals surface area contributed by atoms with Gasteiger partial charge in [0.2, 0.25) is 0 Å². The number of hydrogen-bond donors (Lipinski definition) is 1. The second kappa shape index (κ2) is 7.46. The minimum atomic E-state index is 0.141. The minimum absolute atomic E-state index is 0.141. The lowest BCUT2D eigenvalue weighted by atomic mass is 10.1. The fourth-order valence-corrected chi connectivity index (χ4v) is 4.06. The lowest BCUT2D eigenvalue weighted by Gasteiger charge is -2.12. The molecule has 30 heavy (non-hydrogen) atoms. The Hall–Kier alpha value is -3.38. The first-order valence-corrected chi connectivity index (χ1v) is 10.3. The van der Waals surface area contributed by atoms with Crippen molar-refractivity contribution in [1.29, 1.82) is 0 Å². The number of nitrogens with zero attached hydrogens (tertiary/aromatic N) is 3. The standard InChI is InChI=1S/C24H19FN4S/c1-28(2)19-11-9-16(10-12-19)18-13-14-29(30-25)22(15-18)27-24-20-7-3-5-17-6-4-8-21(26-24)23(17)20/h3-15H,1-2H3/p+1. The summed E-state index contributed by atoms with van der Waals surface area (Å²) in [6, 6.07) is 24.4. The summed E-state index contributed by atoms with van der Waals surface area (Å²) in [4.78, 5) is 6.86. The molecule has 148 valence electrons. The van der Waals surface area contributed by atoms with Gasteiger partial charge in [-0.3, -0.25) is 0 Å². The average Bonchev–Trinajstić information content (AvgIpc) is 3.13. The highest BCUT2D eigenvalue weighted by molar-refractivity contribution is 7.87. The molecule has 0 saturated heterocycles. The van der Waals surface area contributed by atoms with E-state index >= 15 is 0 Å². The molecule has 0 amide bonds. The van der Waals surface area contributed by atoms with Gasteiger partial charge in [-0.05, 0) is 51.8 Å². The van der Waals surface area contributed by atoms with Crippen molar-refractivity contribution in [2.45, 2.75) is 0 Å². The van der Waals surface area contributed by atoms with Gasteiger partial charge in [-0.1, -0.05) is 36.4 Å². The van der Waals surface area contributed by atoms with Gasteiger partial charge in [-0.2, -0.15) is 0 Å². The van der Waals surface area contributed by atoms with Crippen LogP contribution in [0, 0.1) is 0 Å². The predicted octanol–water partition coefficient (Wildman–Crippen LogP) is 5.74. The molecule has 1 N–H and O–H groups in total. The maximum atomic E-state index is 13.6. The Morgan fingerprint density at radius 2 is 1.70 bits per heavy atom. The van der Waals surface area contributed by atoms with E-state index in [1.165, 1.54) is 3.97 Å². The third kappa shape index (κ3) is 3.19. The van der Waals surface area contributed by atoms with E-state index in [4.69, 9.17) is 4.99 Å². The summed E-state index contributed by atoms with van der Waals surface area (Å²) in [6.07, 6.45) is 1.71. The molecule has 3 aromatic carbocycles. The molecule has 1 aliphatic rings. The zero-order valence-electron chi connectivity index (χ0n) is 16.6. The molecule has 0 unspecified atom stereocenters. The van der Waals surface area contributed by atoms with Gasteiger partial charge in [0.25, 0.3) is 18.2 Å². The first-order chi connectivity index (χ1) is 14.6. The molecule has 0 aliphatic carbocycles. The second-order valence-electron chi connectivity index (χ2n) is 7.40. The normalized spacial score (nSPS) is 13.6. The Morgan fingerprint density at radius 3 is 2.43 bits per heavy atom. The van der Waals surface area contributed by atoms with Crippen LogP contribution in [-0.2, 0) is 0 Å². The number of pyridine rings is 1. The Morgan fingerprint density at radius 1 is 0.933 bits per heavy atom. The van der Waals surface area contributed by atoms with E-state index < -0.39 is 0 Å². The third-order valence-corrected chi connectivity index (χ3v) is 5.79. The van der Waals surface area contributed by atoms with E-state index in [1.807, 2.05) is 50.5 Å². The molecule has 0 saturated carbocycles. The molecular formula is C24H20FN4S+. The first-order valence-electron chi connectivity index (χ1n) is 9.64. The molecule has 6 heteroatoms. The number of aliphatic imine (C=N–C) groups is 1. The number of amidine groups is 1. The maximum absolute atomic E-state index is 13.6. The van der Waals surface area contributed by atoms with Gasteiger partial charge in [-0.15, -0.1) is 7.86 Å². The average molecular weight is 416 g/mol. The van der Waals surface area contributed by atoms with Gasteiger partial charge in [0, 0.05) is 31.2 Å². The Labute approximate surface area is 179 Å². The molecule has 5 rings (SSSR count). The Bertz CT molecular complexity index is 1280. The van der Waals surface area contributed by atoms with E-state index in [0.717, 1.165) is 44.7 Å². The van der Waals surface area contributed by atoms with Crippen molar-refractivity contribution in [2.75, 3.05) is 24.3 Å². The van der Waals surface area contributed by atoms with Gasteiger partial charge >= 0.3 is 5.82 Å². The highest BCUT2D eigenvalue weighted by Crippen LogP contribution is 2.34. The summed E-state index contributed by atoms with van der Waals surface area (Å²) in [6.45, 7) is 0.